The van der Waals surface area contributed by atoms with Crippen LogP contribution in [0.3, 0.4) is 0 Å². The third kappa shape index (κ3) is 6.54. The molecule has 8 nitrogen and oxygen atoms in total. The molecule has 0 unspecified atom stereocenters. The molecule has 0 spiro atoms. The van der Waals surface area contributed by atoms with E-state index in [-0.39, 0.29) is 11.4 Å². The highest BCUT2D eigenvalue weighted by Crippen LogP contribution is 2.18. The summed E-state index contributed by atoms with van der Waals surface area (Å²) in [5.74, 6) is -1.01. The number of nitro benzene ring substituents is 1. The molecule has 0 aliphatic carbocycles. The van der Waals surface area contributed by atoms with Crippen LogP contribution >= 0.6 is 0 Å². The Morgan fingerprint density at radius 2 is 2.00 bits per heavy atom. The third-order valence-corrected chi connectivity index (χ3v) is 2.10. The molecule has 1 rings (SSSR count). The van der Waals surface area contributed by atoms with Crippen LogP contribution in [-0.2, 0) is 4.79 Å². The number of hydrogen-bond acceptors (Lipinski definition) is 5. The molecule has 0 aliphatic rings. The fraction of sp³-hybridized carbons (Fsp3) is 0.273. The number of carbonyl (C=O) groups is 2. The highest BCUT2D eigenvalue weighted by molar-refractivity contribution is 5.95. The van der Waals surface area contributed by atoms with Crippen LogP contribution in [0.25, 0.3) is 0 Å². The van der Waals surface area contributed by atoms with Crippen molar-refractivity contribution >= 4 is 17.6 Å². The van der Waals surface area contributed by atoms with E-state index < -0.39 is 36.2 Å². The molecule has 0 saturated heterocycles. The van der Waals surface area contributed by atoms with E-state index in [2.05, 4.69) is 0 Å². The van der Waals surface area contributed by atoms with Crippen LogP contribution in [0.1, 0.15) is 0 Å². The number of alkyl halides is 3. The molecule has 0 saturated carbocycles. The molecule has 0 heterocycles. The molecule has 0 aliphatic heterocycles. The van der Waals surface area contributed by atoms with Crippen molar-refractivity contribution in [3.63, 3.8) is 0 Å². The van der Waals surface area contributed by atoms with Gasteiger partial charge >= 0.3 is 12.2 Å². The molecular weight excluding hydrogens is 311 g/mol. The topological polar surface area (TPSA) is 111 Å². The van der Waals surface area contributed by atoms with Gasteiger partial charge in [0.15, 0.2) is 6.61 Å². The summed E-state index contributed by atoms with van der Waals surface area (Å²) in [6.07, 6.45) is -4.60. The Labute approximate surface area is 121 Å². The molecule has 0 fully saturated rings. The average Bonchev–Trinajstić information content (AvgIpc) is 2.42. The smallest absolute Gasteiger partial charge is 0.405 e. The lowest BCUT2D eigenvalue weighted by Gasteiger charge is -2.09. The second kappa shape index (κ2) is 7.24. The van der Waals surface area contributed by atoms with Crippen molar-refractivity contribution in [1.29, 1.82) is 0 Å². The minimum absolute atomic E-state index is 0.0000460. The van der Waals surface area contributed by atoms with Crippen molar-refractivity contribution in [1.82, 2.24) is 10.6 Å². The normalized spacial score (nSPS) is 10.7. The molecule has 22 heavy (non-hydrogen) atoms. The van der Waals surface area contributed by atoms with Gasteiger partial charge in [-0.15, -0.1) is 0 Å². The van der Waals surface area contributed by atoms with E-state index in [0.717, 1.165) is 6.07 Å². The van der Waals surface area contributed by atoms with Crippen molar-refractivity contribution in [2.75, 3.05) is 13.2 Å². The van der Waals surface area contributed by atoms with Crippen molar-refractivity contribution in [3.05, 3.63) is 34.4 Å². The number of carbonyl (C=O) groups excluding carboxylic acids is 2. The number of imide groups is 1. The second-order valence-corrected chi connectivity index (χ2v) is 3.89. The van der Waals surface area contributed by atoms with Gasteiger partial charge in [0.05, 0.1) is 11.0 Å². The Hall–Kier alpha value is -2.85. The zero-order chi connectivity index (χ0) is 16.8. The summed E-state index contributed by atoms with van der Waals surface area (Å²) in [4.78, 5) is 32.1. The molecule has 1 aromatic rings. The lowest BCUT2D eigenvalue weighted by Crippen LogP contribution is -2.44. The molecule has 2 N–H and O–H groups in total. The zero-order valence-electron chi connectivity index (χ0n) is 10.8. The maximum Gasteiger partial charge on any atom is 0.405 e. The Bertz CT molecular complexity index is 576. The minimum atomic E-state index is -4.60. The van der Waals surface area contributed by atoms with E-state index in [1.54, 1.807) is 5.32 Å². The van der Waals surface area contributed by atoms with E-state index in [1.165, 1.54) is 23.5 Å². The van der Waals surface area contributed by atoms with Crippen LogP contribution in [0, 0.1) is 10.1 Å². The molecule has 0 radical (unpaired) electrons. The highest BCUT2D eigenvalue weighted by atomic mass is 19.4. The van der Waals surface area contributed by atoms with Gasteiger partial charge in [0, 0.05) is 6.07 Å². The summed E-state index contributed by atoms with van der Waals surface area (Å²) in [5, 5.41) is 13.6. The van der Waals surface area contributed by atoms with Crippen LogP contribution in [0.2, 0.25) is 0 Å². The van der Waals surface area contributed by atoms with Crippen molar-refractivity contribution in [3.8, 4) is 5.75 Å². The highest BCUT2D eigenvalue weighted by Gasteiger charge is 2.27. The summed E-state index contributed by atoms with van der Waals surface area (Å²) in [7, 11) is 0. The molecular formula is C11H10F3N3O5. The van der Waals surface area contributed by atoms with E-state index >= 15 is 0 Å². The van der Waals surface area contributed by atoms with Crippen LogP contribution in [0.4, 0.5) is 23.7 Å². The lowest BCUT2D eigenvalue weighted by molar-refractivity contribution is -0.384. The molecule has 120 valence electrons. The Morgan fingerprint density at radius 3 is 2.59 bits per heavy atom. The van der Waals surface area contributed by atoms with Gasteiger partial charge in [-0.1, -0.05) is 6.07 Å². The number of nitrogens with one attached hydrogen (secondary N) is 2. The van der Waals surface area contributed by atoms with Crippen LogP contribution in [-0.4, -0.2) is 36.2 Å². The van der Waals surface area contributed by atoms with Gasteiger partial charge in [-0.2, -0.15) is 13.2 Å². The predicted molar refractivity (Wildman–Crippen MR) is 66.2 cm³/mol. The fourth-order valence-electron chi connectivity index (χ4n) is 1.22. The number of non-ortho nitro benzene ring substituents is 1. The second-order valence-electron chi connectivity index (χ2n) is 3.89. The monoisotopic (exact) mass is 321 g/mol. The number of nitrogens with zero attached hydrogens (tertiary/aromatic N) is 1. The first-order valence-electron chi connectivity index (χ1n) is 5.69. The molecule has 0 aromatic heterocycles. The molecule has 3 amide bonds. The third-order valence-electron chi connectivity index (χ3n) is 2.10. The number of benzene rings is 1. The summed E-state index contributed by atoms with van der Waals surface area (Å²) in [6, 6.07) is 3.59. The van der Waals surface area contributed by atoms with Gasteiger partial charge in [-0.3, -0.25) is 20.2 Å². The molecule has 1 aromatic carbocycles. The SMILES string of the molecule is O=C(COc1cccc([N+](=O)[O-])c1)NC(=O)NCC(F)(F)F. The summed E-state index contributed by atoms with van der Waals surface area (Å²) in [6.45, 7) is -2.28. The van der Waals surface area contributed by atoms with Gasteiger partial charge in [0.1, 0.15) is 12.3 Å². The Morgan fingerprint density at radius 1 is 1.32 bits per heavy atom. The largest absolute Gasteiger partial charge is 0.484 e. The van der Waals surface area contributed by atoms with Gasteiger partial charge in [0.2, 0.25) is 0 Å². The number of rotatable bonds is 5. The molecule has 0 bridgehead atoms. The first-order valence-corrected chi connectivity index (χ1v) is 5.69. The molecule has 11 heteroatoms. The summed E-state index contributed by atoms with van der Waals surface area (Å²) < 4.78 is 40.3. The van der Waals surface area contributed by atoms with Crippen molar-refractivity contribution < 1.29 is 32.4 Å². The number of hydrogen-bond donors (Lipinski definition) is 2. The number of amides is 3. The minimum Gasteiger partial charge on any atom is -0.484 e. The number of ether oxygens (including phenoxy) is 1. The Kier molecular flexibility index (Phi) is 5.66. The first-order chi connectivity index (χ1) is 10.2. The Balaban J connectivity index is 2.41. The average molecular weight is 321 g/mol. The maximum atomic E-state index is 11.8. The van der Waals surface area contributed by atoms with E-state index in [9.17, 15) is 32.9 Å². The number of nitro groups is 1. The van der Waals surface area contributed by atoms with Gasteiger partial charge < -0.3 is 10.1 Å². The van der Waals surface area contributed by atoms with E-state index in [0.29, 0.717) is 0 Å². The van der Waals surface area contributed by atoms with Gasteiger partial charge in [-0.25, -0.2) is 4.79 Å². The van der Waals surface area contributed by atoms with Crippen LogP contribution in [0.5, 0.6) is 5.75 Å². The standard InChI is InChI=1S/C11H10F3N3O5/c12-11(13,14)6-15-10(19)16-9(18)5-22-8-3-1-2-7(4-8)17(20)21/h1-4H,5-6H2,(H2,15,16,18,19). The van der Waals surface area contributed by atoms with E-state index in [4.69, 9.17) is 4.74 Å². The lowest BCUT2D eigenvalue weighted by atomic mass is 10.3. The van der Waals surface area contributed by atoms with Gasteiger partial charge in [0.25, 0.3) is 11.6 Å². The van der Waals surface area contributed by atoms with Crippen molar-refractivity contribution in [2.24, 2.45) is 0 Å². The van der Waals surface area contributed by atoms with Gasteiger partial charge in [-0.05, 0) is 6.07 Å². The van der Waals surface area contributed by atoms with Crippen LogP contribution in [0.15, 0.2) is 24.3 Å². The van der Waals surface area contributed by atoms with Crippen LogP contribution < -0.4 is 15.4 Å². The quantitative estimate of drug-likeness (QED) is 0.628. The zero-order valence-corrected chi connectivity index (χ0v) is 10.8. The van der Waals surface area contributed by atoms with Crippen molar-refractivity contribution in [2.45, 2.75) is 6.18 Å². The summed E-state index contributed by atoms with van der Waals surface area (Å²) in [5.41, 5.74) is -0.263. The number of halogens is 3. The molecule has 0 atom stereocenters. The van der Waals surface area contributed by atoms with E-state index in [1.807, 2.05) is 0 Å². The predicted octanol–water partition coefficient (Wildman–Crippen LogP) is 1.36. The maximum absolute atomic E-state index is 11.8. The fourth-order valence-corrected chi connectivity index (χ4v) is 1.22. The number of urea groups is 1. The summed E-state index contributed by atoms with van der Waals surface area (Å²) >= 11 is 0. The first kappa shape index (κ1) is 17.2.